The first-order valence-electron chi connectivity index (χ1n) is 10.6. The fourth-order valence-electron chi connectivity index (χ4n) is 4.48. The summed E-state index contributed by atoms with van der Waals surface area (Å²) >= 11 is 1.40. The number of amides is 3. The maximum Gasteiger partial charge on any atom is 0.323 e. The maximum atomic E-state index is 13.4. The Bertz CT molecular complexity index is 1120. The predicted molar refractivity (Wildman–Crippen MR) is 118 cm³/mol. The summed E-state index contributed by atoms with van der Waals surface area (Å²) in [5.74, 6) is 0.179. The Morgan fingerprint density at radius 1 is 1.26 bits per heavy atom. The lowest BCUT2D eigenvalue weighted by atomic mass is 9.89. The standard InChI is InChI=1S/C22H24FN5O2S/c23-15-2-3-17-18(12-25-19(17)10-15)14-4-8-27(9-5-14)20(29)11-16-13-31-22(26-16)28-7-1-6-24-21(28)30/h2-3,10,12-14,25H,1,4-9,11H2,(H,24,30). The zero-order valence-corrected chi connectivity index (χ0v) is 17.9. The number of hydrogen-bond acceptors (Lipinski definition) is 4. The highest BCUT2D eigenvalue weighted by Gasteiger charge is 2.27. The molecule has 0 atom stereocenters. The van der Waals surface area contributed by atoms with Crippen molar-refractivity contribution in [3.8, 4) is 0 Å². The molecule has 31 heavy (non-hydrogen) atoms. The lowest BCUT2D eigenvalue weighted by molar-refractivity contribution is -0.131. The third-order valence-electron chi connectivity index (χ3n) is 6.15. The zero-order chi connectivity index (χ0) is 21.4. The van der Waals surface area contributed by atoms with Crippen molar-refractivity contribution in [1.82, 2.24) is 20.2 Å². The summed E-state index contributed by atoms with van der Waals surface area (Å²) in [6.45, 7) is 2.74. The summed E-state index contributed by atoms with van der Waals surface area (Å²) in [7, 11) is 0. The van der Waals surface area contributed by atoms with Crippen molar-refractivity contribution < 1.29 is 14.0 Å². The van der Waals surface area contributed by atoms with Crippen LogP contribution in [0.15, 0.2) is 29.8 Å². The average molecular weight is 442 g/mol. The number of carbonyl (C=O) groups is 2. The largest absolute Gasteiger partial charge is 0.361 e. The Labute approximate surface area is 183 Å². The first-order valence-corrected chi connectivity index (χ1v) is 11.5. The molecule has 2 N–H and O–H groups in total. The normalized spacial score (nSPS) is 17.9. The van der Waals surface area contributed by atoms with Gasteiger partial charge in [0.05, 0.1) is 12.1 Å². The highest BCUT2D eigenvalue weighted by molar-refractivity contribution is 7.14. The lowest BCUT2D eigenvalue weighted by Gasteiger charge is -2.32. The molecule has 4 heterocycles. The predicted octanol–water partition coefficient (Wildman–Crippen LogP) is 3.63. The molecule has 0 saturated carbocycles. The van der Waals surface area contributed by atoms with E-state index >= 15 is 0 Å². The van der Waals surface area contributed by atoms with Gasteiger partial charge in [0, 0.05) is 48.7 Å². The Morgan fingerprint density at radius 2 is 2.10 bits per heavy atom. The van der Waals surface area contributed by atoms with E-state index in [0.29, 0.717) is 42.9 Å². The first-order chi connectivity index (χ1) is 15.1. The molecule has 0 bridgehead atoms. The Hall–Kier alpha value is -2.94. The third kappa shape index (κ3) is 4.01. The minimum Gasteiger partial charge on any atom is -0.361 e. The van der Waals surface area contributed by atoms with Crippen LogP contribution in [0.4, 0.5) is 14.3 Å². The SMILES string of the molecule is O=C(Cc1csc(N2CCCNC2=O)n1)N1CCC(c2c[nH]c3cc(F)ccc23)CC1. The van der Waals surface area contributed by atoms with Crippen molar-refractivity contribution in [2.75, 3.05) is 31.1 Å². The number of nitrogens with one attached hydrogen (secondary N) is 2. The van der Waals surface area contributed by atoms with E-state index in [1.807, 2.05) is 22.5 Å². The van der Waals surface area contributed by atoms with Gasteiger partial charge in [0.25, 0.3) is 0 Å². The van der Waals surface area contributed by atoms with Crippen LogP contribution in [0.3, 0.4) is 0 Å². The monoisotopic (exact) mass is 441 g/mol. The number of rotatable bonds is 4. The van der Waals surface area contributed by atoms with Crippen molar-refractivity contribution in [3.63, 3.8) is 0 Å². The van der Waals surface area contributed by atoms with Crippen LogP contribution in [0, 0.1) is 5.82 Å². The number of aromatic amines is 1. The second-order valence-corrected chi connectivity index (χ2v) is 8.96. The number of aromatic nitrogens is 2. The van der Waals surface area contributed by atoms with Crippen LogP contribution in [0.25, 0.3) is 10.9 Å². The Kier molecular flexibility index (Phi) is 5.35. The number of piperidine rings is 1. The second kappa shape index (κ2) is 8.30. The molecule has 1 aromatic carbocycles. The minimum atomic E-state index is -0.243. The second-order valence-electron chi connectivity index (χ2n) is 8.12. The highest BCUT2D eigenvalue weighted by atomic mass is 32.1. The van der Waals surface area contributed by atoms with Gasteiger partial charge in [-0.2, -0.15) is 0 Å². The van der Waals surface area contributed by atoms with E-state index in [0.717, 1.165) is 30.2 Å². The van der Waals surface area contributed by atoms with E-state index in [-0.39, 0.29) is 24.2 Å². The van der Waals surface area contributed by atoms with Crippen LogP contribution in [-0.4, -0.2) is 53.0 Å². The van der Waals surface area contributed by atoms with Crippen LogP contribution < -0.4 is 10.2 Å². The molecule has 0 unspecified atom stereocenters. The van der Waals surface area contributed by atoms with Crippen molar-refractivity contribution in [3.05, 3.63) is 46.9 Å². The molecule has 0 aliphatic carbocycles. The Morgan fingerprint density at radius 3 is 2.90 bits per heavy atom. The van der Waals surface area contributed by atoms with Gasteiger partial charge in [-0.25, -0.2) is 14.2 Å². The average Bonchev–Trinajstić information content (AvgIpc) is 3.41. The van der Waals surface area contributed by atoms with Gasteiger partial charge in [0.15, 0.2) is 5.13 Å². The summed E-state index contributed by atoms with van der Waals surface area (Å²) in [5.41, 5.74) is 2.73. The molecule has 2 aliphatic heterocycles. The van der Waals surface area contributed by atoms with Gasteiger partial charge in [0.1, 0.15) is 5.82 Å². The number of halogens is 1. The molecule has 2 aliphatic rings. The third-order valence-corrected chi connectivity index (χ3v) is 7.06. The van der Waals surface area contributed by atoms with Crippen LogP contribution >= 0.6 is 11.3 Å². The van der Waals surface area contributed by atoms with Crippen molar-refractivity contribution in [2.45, 2.75) is 31.6 Å². The van der Waals surface area contributed by atoms with Crippen LogP contribution in [-0.2, 0) is 11.2 Å². The number of fused-ring (bicyclic) bond motifs is 1. The maximum absolute atomic E-state index is 13.4. The summed E-state index contributed by atoms with van der Waals surface area (Å²) in [6, 6.07) is 4.72. The van der Waals surface area contributed by atoms with Crippen LogP contribution in [0.2, 0.25) is 0 Å². The van der Waals surface area contributed by atoms with Gasteiger partial charge in [-0.05, 0) is 48.9 Å². The molecule has 2 aromatic heterocycles. The van der Waals surface area contributed by atoms with Gasteiger partial charge in [-0.1, -0.05) is 0 Å². The number of H-pyrrole nitrogens is 1. The minimum absolute atomic E-state index is 0.0689. The van der Waals surface area contributed by atoms with Crippen LogP contribution in [0.1, 0.15) is 36.4 Å². The quantitative estimate of drug-likeness (QED) is 0.649. The van der Waals surface area contributed by atoms with Gasteiger partial charge in [0.2, 0.25) is 5.91 Å². The van der Waals surface area contributed by atoms with Gasteiger partial charge >= 0.3 is 6.03 Å². The molecule has 3 aromatic rings. The summed E-state index contributed by atoms with van der Waals surface area (Å²) in [5, 5.41) is 6.39. The van der Waals surface area contributed by atoms with E-state index in [9.17, 15) is 14.0 Å². The van der Waals surface area contributed by atoms with E-state index in [4.69, 9.17) is 0 Å². The molecule has 2 saturated heterocycles. The number of benzene rings is 1. The molecule has 0 radical (unpaired) electrons. The number of urea groups is 1. The molecule has 9 heteroatoms. The molecule has 3 amide bonds. The molecule has 0 spiro atoms. The van der Waals surface area contributed by atoms with E-state index in [1.54, 1.807) is 4.90 Å². The Balaban J connectivity index is 1.19. The molecular formula is C22H24FN5O2S. The van der Waals surface area contributed by atoms with Gasteiger partial charge in [-0.15, -0.1) is 11.3 Å². The molecule has 162 valence electrons. The fraction of sp³-hybridized carbons (Fsp3) is 0.409. The van der Waals surface area contributed by atoms with Gasteiger partial charge < -0.3 is 15.2 Å². The van der Waals surface area contributed by atoms with Gasteiger partial charge in [-0.3, -0.25) is 9.69 Å². The van der Waals surface area contributed by atoms with Crippen molar-refractivity contribution in [2.24, 2.45) is 0 Å². The number of thiazole rings is 1. The topological polar surface area (TPSA) is 81.3 Å². The van der Waals surface area contributed by atoms with Crippen LogP contribution in [0.5, 0.6) is 0 Å². The number of nitrogens with zero attached hydrogens (tertiary/aromatic N) is 3. The number of anilines is 1. The summed E-state index contributed by atoms with van der Waals surface area (Å²) in [4.78, 5) is 36.0. The molecule has 2 fully saturated rings. The van der Waals surface area contributed by atoms with Crippen molar-refractivity contribution >= 4 is 39.3 Å². The number of likely N-dealkylation sites (tertiary alicyclic amines) is 1. The molecule has 5 rings (SSSR count). The molecule has 7 nitrogen and oxygen atoms in total. The highest BCUT2D eigenvalue weighted by Crippen LogP contribution is 2.33. The first kappa shape index (κ1) is 20.0. The zero-order valence-electron chi connectivity index (χ0n) is 17.1. The van der Waals surface area contributed by atoms with E-state index in [1.165, 1.54) is 29.0 Å². The van der Waals surface area contributed by atoms with Crippen molar-refractivity contribution in [1.29, 1.82) is 0 Å². The lowest BCUT2D eigenvalue weighted by Crippen LogP contribution is -2.46. The number of carbonyl (C=O) groups excluding carboxylic acids is 2. The smallest absolute Gasteiger partial charge is 0.323 e. The summed E-state index contributed by atoms with van der Waals surface area (Å²) in [6.07, 6.45) is 4.88. The fourth-order valence-corrected chi connectivity index (χ4v) is 5.33. The summed E-state index contributed by atoms with van der Waals surface area (Å²) < 4.78 is 13.4. The van der Waals surface area contributed by atoms with E-state index < -0.39 is 0 Å². The molecular weight excluding hydrogens is 417 g/mol. The van der Waals surface area contributed by atoms with E-state index in [2.05, 4.69) is 15.3 Å². The number of hydrogen-bond donors (Lipinski definition) is 2.